The summed E-state index contributed by atoms with van der Waals surface area (Å²) in [6.45, 7) is 3.98. The van der Waals surface area contributed by atoms with Crippen molar-refractivity contribution in [1.29, 1.82) is 10.5 Å². The largest absolute Gasteiger partial charge is 0.472 e. The fraction of sp³-hybridized carbons (Fsp3) is 0.440. The number of nitrogens with zero attached hydrogens (tertiary/aromatic N) is 4. The van der Waals surface area contributed by atoms with Crippen molar-refractivity contribution in [2.24, 2.45) is 0 Å². The number of carbonyl (C=O) groups excluding carboxylic acids is 2. The fourth-order valence-corrected chi connectivity index (χ4v) is 4.64. The van der Waals surface area contributed by atoms with Crippen LogP contribution in [0.2, 0.25) is 0 Å². The molecule has 3 aliphatic heterocycles. The van der Waals surface area contributed by atoms with Crippen LogP contribution in [-0.2, 0) is 9.59 Å². The molecule has 0 saturated carbocycles. The first-order valence-corrected chi connectivity index (χ1v) is 11.6. The lowest BCUT2D eigenvalue weighted by Gasteiger charge is -2.28. The van der Waals surface area contributed by atoms with E-state index in [1.807, 2.05) is 36.1 Å². The summed E-state index contributed by atoms with van der Waals surface area (Å²) in [4.78, 5) is 29.5. The summed E-state index contributed by atoms with van der Waals surface area (Å²) in [5.74, 6) is -0.0330. The lowest BCUT2D eigenvalue weighted by molar-refractivity contribution is -0.140. The Balaban J connectivity index is 1.56. The summed E-state index contributed by atoms with van der Waals surface area (Å²) in [5.41, 5.74) is 3.26. The molecular weight excluding hydrogens is 432 g/mol. The van der Waals surface area contributed by atoms with Crippen LogP contribution >= 0.6 is 0 Å². The highest BCUT2D eigenvalue weighted by Gasteiger charge is 2.31. The fourth-order valence-electron chi connectivity index (χ4n) is 4.64. The molecule has 2 N–H and O–H groups in total. The van der Waals surface area contributed by atoms with Crippen molar-refractivity contribution in [2.75, 3.05) is 31.5 Å². The minimum Gasteiger partial charge on any atom is -0.472 e. The first-order chi connectivity index (χ1) is 16.5. The Kier molecular flexibility index (Phi) is 7.03. The molecule has 9 nitrogen and oxygen atoms in total. The third kappa shape index (κ3) is 4.84. The van der Waals surface area contributed by atoms with Crippen LogP contribution in [0.15, 0.2) is 40.5 Å². The van der Waals surface area contributed by atoms with Crippen molar-refractivity contribution in [3.8, 4) is 23.3 Å². The van der Waals surface area contributed by atoms with Gasteiger partial charge in [0.25, 0.3) is 0 Å². The Hall–Kier alpha value is -3.98. The zero-order chi connectivity index (χ0) is 24.1. The van der Waals surface area contributed by atoms with E-state index in [9.17, 15) is 20.1 Å². The van der Waals surface area contributed by atoms with Gasteiger partial charge in [-0.15, -0.1) is 0 Å². The average Bonchev–Trinajstić information content (AvgIpc) is 3.45. The maximum Gasteiger partial charge on any atom is 0.245 e. The molecule has 1 aliphatic carbocycles. The lowest BCUT2D eigenvalue weighted by atomic mass is 10.1. The number of allylic oxidation sites excluding steroid dienone is 1. The molecule has 2 amide bonds. The molecule has 2 saturated heterocycles. The number of amides is 2. The highest BCUT2D eigenvalue weighted by molar-refractivity contribution is 5.89. The van der Waals surface area contributed by atoms with Crippen LogP contribution in [0, 0.1) is 29.6 Å². The van der Waals surface area contributed by atoms with Crippen LogP contribution in [0.3, 0.4) is 0 Å². The lowest BCUT2D eigenvalue weighted by Crippen LogP contribution is -2.49. The second-order valence-corrected chi connectivity index (χ2v) is 8.77. The van der Waals surface area contributed by atoms with Crippen LogP contribution in [0.25, 0.3) is 11.1 Å². The van der Waals surface area contributed by atoms with Crippen LogP contribution in [0.1, 0.15) is 37.7 Å². The Morgan fingerprint density at radius 2 is 1.91 bits per heavy atom. The molecule has 0 aromatic rings. The second-order valence-electron chi connectivity index (χ2n) is 8.77. The van der Waals surface area contributed by atoms with E-state index in [1.165, 1.54) is 0 Å². The number of carbonyl (C=O) groups is 2. The van der Waals surface area contributed by atoms with Crippen molar-refractivity contribution in [3.05, 3.63) is 41.6 Å². The van der Waals surface area contributed by atoms with E-state index in [-0.39, 0.29) is 29.8 Å². The van der Waals surface area contributed by atoms with Crippen molar-refractivity contribution >= 4 is 17.5 Å². The summed E-state index contributed by atoms with van der Waals surface area (Å²) in [6, 6.07) is 6.95. The molecule has 34 heavy (non-hydrogen) atoms. The number of nitrogens with one attached hydrogen (secondary N) is 2. The molecule has 3 heterocycles. The number of fused-ring (bicyclic) bond motifs is 1. The number of nitriles is 2. The van der Waals surface area contributed by atoms with Gasteiger partial charge >= 0.3 is 0 Å². The molecule has 0 bridgehead atoms. The predicted octanol–water partition coefficient (Wildman–Crippen LogP) is 2.96. The normalized spacial score (nSPS) is 18.2. The summed E-state index contributed by atoms with van der Waals surface area (Å²) in [5, 5.41) is 25.5. The Labute approximate surface area is 198 Å². The van der Waals surface area contributed by atoms with Crippen LogP contribution in [0.4, 0.5) is 5.69 Å². The van der Waals surface area contributed by atoms with Gasteiger partial charge in [-0.05, 0) is 56.7 Å². The number of anilines is 1. The number of aryl methyl sites for hydroxylation is 1. The SMILES string of the molecule is Cc1cc2coccc-2c1NC(N[C@H]1CCCCN(CC(=O)N2CCCC2)C1=O)=C(C#N)C#N. The molecule has 1 atom stereocenters. The Morgan fingerprint density at radius 3 is 2.65 bits per heavy atom. The molecular formula is C25H28N6O3. The maximum atomic E-state index is 13.4. The minimum atomic E-state index is -0.649. The number of rotatable bonds is 6. The zero-order valence-electron chi connectivity index (χ0n) is 19.3. The number of hydrogen-bond donors (Lipinski definition) is 2. The van der Waals surface area contributed by atoms with Gasteiger partial charge in [0.05, 0.1) is 24.8 Å². The Morgan fingerprint density at radius 1 is 1.18 bits per heavy atom. The molecule has 0 radical (unpaired) electrons. The van der Waals surface area contributed by atoms with E-state index in [0.717, 1.165) is 61.2 Å². The van der Waals surface area contributed by atoms with Crippen molar-refractivity contribution in [3.63, 3.8) is 0 Å². The first-order valence-electron chi connectivity index (χ1n) is 11.6. The Bertz CT molecular complexity index is 1130. The average molecular weight is 461 g/mol. The van der Waals surface area contributed by atoms with Crippen LogP contribution in [-0.4, -0.2) is 53.8 Å². The quantitative estimate of drug-likeness (QED) is 0.635. The molecule has 9 heteroatoms. The smallest absolute Gasteiger partial charge is 0.245 e. The first kappa shape index (κ1) is 23.2. The molecule has 0 spiro atoms. The van der Waals surface area contributed by atoms with Crippen molar-refractivity contribution in [2.45, 2.75) is 45.1 Å². The van der Waals surface area contributed by atoms with Gasteiger partial charge < -0.3 is 24.9 Å². The molecule has 0 aromatic carbocycles. The van der Waals surface area contributed by atoms with Gasteiger partial charge in [-0.1, -0.05) is 0 Å². The van der Waals surface area contributed by atoms with E-state index in [0.29, 0.717) is 13.0 Å². The highest BCUT2D eigenvalue weighted by atomic mass is 16.3. The van der Waals surface area contributed by atoms with Gasteiger partial charge in [0.15, 0.2) is 5.57 Å². The van der Waals surface area contributed by atoms with Gasteiger partial charge in [0.1, 0.15) is 24.0 Å². The molecule has 0 aromatic heterocycles. The van der Waals surface area contributed by atoms with Gasteiger partial charge in [-0.25, -0.2) is 0 Å². The van der Waals surface area contributed by atoms with E-state index in [2.05, 4.69) is 10.6 Å². The molecule has 176 valence electrons. The van der Waals surface area contributed by atoms with Crippen molar-refractivity contribution < 1.29 is 14.0 Å². The highest BCUT2D eigenvalue weighted by Crippen LogP contribution is 2.36. The predicted molar refractivity (Wildman–Crippen MR) is 125 cm³/mol. The van der Waals surface area contributed by atoms with Crippen LogP contribution in [0.5, 0.6) is 0 Å². The van der Waals surface area contributed by atoms with Gasteiger partial charge in [-0.2, -0.15) is 10.5 Å². The summed E-state index contributed by atoms with van der Waals surface area (Å²) >= 11 is 0. The van der Waals surface area contributed by atoms with Crippen LogP contribution < -0.4 is 10.6 Å². The number of likely N-dealkylation sites (tertiary alicyclic amines) is 2. The van der Waals surface area contributed by atoms with E-state index >= 15 is 0 Å². The van der Waals surface area contributed by atoms with Gasteiger partial charge in [0.2, 0.25) is 11.8 Å². The van der Waals surface area contributed by atoms with Gasteiger partial charge in [-0.3, -0.25) is 9.59 Å². The number of hydrogen-bond acceptors (Lipinski definition) is 7. The molecule has 2 fully saturated rings. The molecule has 0 unspecified atom stereocenters. The molecule has 4 aliphatic rings. The van der Waals surface area contributed by atoms with E-state index in [1.54, 1.807) is 17.4 Å². The third-order valence-corrected chi connectivity index (χ3v) is 6.46. The summed E-state index contributed by atoms with van der Waals surface area (Å²) in [6.07, 6.45) is 7.31. The zero-order valence-corrected chi connectivity index (χ0v) is 19.3. The third-order valence-electron chi connectivity index (χ3n) is 6.46. The van der Waals surface area contributed by atoms with E-state index < -0.39 is 6.04 Å². The van der Waals surface area contributed by atoms with Gasteiger partial charge in [0, 0.05) is 30.8 Å². The standard InChI is InChI=1S/C25H28N6O3/c1-17-12-18-16-34-11-7-20(18)23(17)29-24(19(13-26)14-27)28-21-6-2-3-10-31(25(21)33)15-22(32)30-8-4-5-9-30/h7,11-12,16,21,28-29H,2-6,8-10,15H2,1H3/t21-/m0/s1. The summed E-state index contributed by atoms with van der Waals surface area (Å²) < 4.78 is 5.24. The van der Waals surface area contributed by atoms with E-state index in [4.69, 9.17) is 4.42 Å². The minimum absolute atomic E-state index is 0.0283. The summed E-state index contributed by atoms with van der Waals surface area (Å²) in [7, 11) is 0. The maximum absolute atomic E-state index is 13.4. The van der Waals surface area contributed by atoms with Crippen molar-refractivity contribution in [1.82, 2.24) is 15.1 Å². The topological polar surface area (TPSA) is 125 Å². The second kappa shape index (κ2) is 10.3. The molecule has 4 rings (SSSR count). The monoisotopic (exact) mass is 460 g/mol.